The minimum atomic E-state index is -2.99. The second kappa shape index (κ2) is 28.0. The van der Waals surface area contributed by atoms with Crippen LogP contribution in [0.2, 0.25) is 18.1 Å². The topological polar surface area (TPSA) is 124 Å². The van der Waals surface area contributed by atoms with Crippen molar-refractivity contribution >= 4 is 32.3 Å². The number of rotatable bonds is 35. The second-order valence-corrected chi connectivity index (χ2v) is 20.6. The molecule has 0 aliphatic carbocycles. The lowest BCUT2D eigenvalue weighted by atomic mass is 9.80. The summed E-state index contributed by atoms with van der Waals surface area (Å²) in [5.74, 6) is -0.162. The quantitative estimate of drug-likeness (QED) is 0.0512. The summed E-state index contributed by atoms with van der Waals surface area (Å²) in [6.07, 6.45) is 4.52. The van der Waals surface area contributed by atoms with E-state index in [1.165, 1.54) is 0 Å². The van der Waals surface area contributed by atoms with Crippen LogP contribution in [0.15, 0.2) is 12.2 Å². The number of hydrogen-bond donors (Lipinski definition) is 1. The molecule has 0 aromatic rings. The summed E-state index contributed by atoms with van der Waals surface area (Å²) in [6, 6.07) is 1.38. The summed E-state index contributed by atoms with van der Waals surface area (Å²) >= 11 is 0. The molecular weight excluding hydrogens is 707 g/mol. The molecule has 1 unspecified atom stereocenters. The average Bonchev–Trinajstić information content (AvgIpc) is 3.07. The molecule has 0 aliphatic heterocycles. The summed E-state index contributed by atoms with van der Waals surface area (Å²) in [5.41, 5.74) is -0.268. The lowest BCUT2D eigenvalue weighted by Crippen LogP contribution is -2.58. The average molecular weight is 784 g/mol. The zero-order valence-electron chi connectivity index (χ0n) is 34.4. The van der Waals surface area contributed by atoms with Crippen LogP contribution < -0.4 is 0 Å². The molecule has 0 rings (SSSR count). The van der Waals surface area contributed by atoms with Gasteiger partial charge in [0.15, 0.2) is 0 Å². The first kappa shape index (κ1) is 50.5. The van der Waals surface area contributed by atoms with Crippen LogP contribution in [-0.2, 0) is 44.6 Å². The molecule has 1 amide bonds. The largest absolute Gasteiger partial charge is 0.500 e. The van der Waals surface area contributed by atoms with E-state index in [1.54, 1.807) is 6.92 Å². The van der Waals surface area contributed by atoms with Crippen LogP contribution in [0.25, 0.3) is 0 Å². The van der Waals surface area contributed by atoms with Gasteiger partial charge in [-0.25, -0.2) is 0 Å². The van der Waals surface area contributed by atoms with Crippen LogP contribution in [0.5, 0.6) is 0 Å². The highest BCUT2D eigenvalue weighted by molar-refractivity contribution is 6.61. The number of hydrogen-bond acceptors (Lipinski definition) is 11. The summed E-state index contributed by atoms with van der Waals surface area (Å²) in [6.45, 7) is 29.7. The maximum Gasteiger partial charge on any atom is 0.500 e. The second-order valence-electron chi connectivity index (χ2n) is 12.4. The fourth-order valence-corrected chi connectivity index (χ4v) is 14.8. The summed E-state index contributed by atoms with van der Waals surface area (Å²) < 4.78 is 56.2. The molecule has 12 nitrogen and oxygen atoms in total. The maximum atomic E-state index is 14.4. The van der Waals surface area contributed by atoms with Gasteiger partial charge in [0.25, 0.3) is 0 Å². The minimum absolute atomic E-state index is 0.162. The van der Waals surface area contributed by atoms with E-state index in [9.17, 15) is 9.90 Å². The fourth-order valence-electron chi connectivity index (χ4n) is 7.01. The van der Waals surface area contributed by atoms with Gasteiger partial charge < -0.3 is 49.8 Å². The normalized spacial score (nSPS) is 13.5. The zero-order chi connectivity index (χ0) is 38.8. The summed E-state index contributed by atoms with van der Waals surface area (Å²) in [5, 5.41) is 10.8. The molecule has 1 atom stereocenters. The van der Waals surface area contributed by atoms with Crippen LogP contribution in [0.3, 0.4) is 0 Å². The number of aliphatic hydroxyl groups is 1. The molecule has 0 fully saturated rings. The van der Waals surface area contributed by atoms with Crippen molar-refractivity contribution in [3.63, 3.8) is 0 Å². The standard InChI is InChI=1S/C36H77NO11Si3/c1-13-34(32-38)37(35(39)33(11)12)36(26-23-29-49(40-14-2,41-15-3)42-16-4,27-24-30-50(43-17-5,44-18-6)45-19-7)28-25-31-51(46-20-8,47-21-9)48-22-10/h34,38H,11,13-32H2,1-10,12H3. The highest BCUT2D eigenvalue weighted by Gasteiger charge is 2.48. The Morgan fingerprint density at radius 1 is 0.569 bits per heavy atom. The molecule has 0 saturated carbocycles. The SMILES string of the molecule is C=C(C)C(=O)N(C(CC)CO)C(CCC[Si](OCC)(OCC)OCC)(CCC[Si](OCC)(OCC)OCC)CCC[Si](OCC)(OCC)OCC. The van der Waals surface area contributed by atoms with Crippen molar-refractivity contribution in [2.45, 2.75) is 151 Å². The van der Waals surface area contributed by atoms with Crippen molar-refractivity contribution in [3.8, 4) is 0 Å². The molecule has 1 N–H and O–H groups in total. The molecule has 0 aliphatic rings. The molecule has 0 heterocycles. The molecule has 0 spiro atoms. The molecule has 0 radical (unpaired) electrons. The monoisotopic (exact) mass is 783 g/mol. The van der Waals surface area contributed by atoms with E-state index in [1.807, 2.05) is 74.1 Å². The number of carbonyl (C=O) groups excluding carboxylic acids is 1. The van der Waals surface area contributed by atoms with E-state index < -0.39 is 38.0 Å². The highest BCUT2D eigenvalue weighted by Crippen LogP contribution is 2.40. The minimum Gasteiger partial charge on any atom is -0.394 e. The van der Waals surface area contributed by atoms with E-state index in [-0.39, 0.29) is 12.5 Å². The van der Waals surface area contributed by atoms with E-state index in [0.717, 1.165) is 0 Å². The van der Waals surface area contributed by atoms with Crippen molar-refractivity contribution < 1.29 is 49.7 Å². The van der Waals surface area contributed by atoms with Crippen LogP contribution >= 0.6 is 0 Å². The van der Waals surface area contributed by atoms with Gasteiger partial charge in [-0.05, 0) is 114 Å². The molecule has 0 bridgehead atoms. The Bertz CT molecular complexity index is 784. The Labute approximate surface area is 315 Å². The Morgan fingerprint density at radius 3 is 1.00 bits per heavy atom. The lowest BCUT2D eigenvalue weighted by Gasteiger charge is -2.49. The van der Waals surface area contributed by atoms with Gasteiger partial charge in [-0.3, -0.25) is 4.79 Å². The number of aliphatic hydroxyl groups excluding tert-OH is 1. The van der Waals surface area contributed by atoms with Crippen LogP contribution in [-0.4, -0.2) is 120 Å². The van der Waals surface area contributed by atoms with Crippen LogP contribution in [0, 0.1) is 0 Å². The molecular formula is C36H77NO11Si3. The third kappa shape index (κ3) is 16.8. The third-order valence-corrected chi connectivity index (χ3v) is 18.2. The third-order valence-electron chi connectivity index (χ3n) is 8.80. The Morgan fingerprint density at radius 2 is 0.824 bits per heavy atom. The van der Waals surface area contributed by atoms with Gasteiger partial charge in [-0.15, -0.1) is 0 Å². The maximum absolute atomic E-state index is 14.4. The van der Waals surface area contributed by atoms with Gasteiger partial charge in [0.1, 0.15) is 0 Å². The van der Waals surface area contributed by atoms with Crippen LogP contribution in [0.1, 0.15) is 121 Å². The van der Waals surface area contributed by atoms with Crippen molar-refractivity contribution in [2.75, 3.05) is 66.1 Å². The first-order valence-electron chi connectivity index (χ1n) is 19.8. The van der Waals surface area contributed by atoms with Gasteiger partial charge >= 0.3 is 26.4 Å². The first-order chi connectivity index (χ1) is 24.4. The Balaban J connectivity index is 7.33. The first-order valence-corrected chi connectivity index (χ1v) is 25.6. The number of amides is 1. The van der Waals surface area contributed by atoms with Gasteiger partial charge in [-0.2, -0.15) is 0 Å². The fraction of sp³-hybridized carbons (Fsp3) is 0.917. The smallest absolute Gasteiger partial charge is 0.394 e. The van der Waals surface area contributed by atoms with Gasteiger partial charge in [0.2, 0.25) is 5.91 Å². The summed E-state index contributed by atoms with van der Waals surface area (Å²) in [4.78, 5) is 16.3. The highest BCUT2D eigenvalue weighted by atomic mass is 28.4. The number of nitrogens with zero attached hydrogens (tertiary/aromatic N) is 1. The van der Waals surface area contributed by atoms with E-state index >= 15 is 0 Å². The van der Waals surface area contributed by atoms with Crippen molar-refractivity contribution in [2.24, 2.45) is 0 Å². The molecule has 0 saturated heterocycles. The predicted molar refractivity (Wildman–Crippen MR) is 210 cm³/mol. The molecule has 304 valence electrons. The van der Waals surface area contributed by atoms with Gasteiger partial charge in [-0.1, -0.05) is 13.5 Å². The Kier molecular flexibility index (Phi) is 27.7. The van der Waals surface area contributed by atoms with E-state index in [4.69, 9.17) is 39.8 Å². The Hall–Kier alpha value is -0.539. The van der Waals surface area contributed by atoms with Gasteiger partial charge in [0, 0.05) is 88.7 Å². The van der Waals surface area contributed by atoms with Crippen LogP contribution in [0.4, 0.5) is 0 Å². The molecule has 0 aromatic heterocycles. The molecule has 0 aromatic carbocycles. The van der Waals surface area contributed by atoms with Crippen molar-refractivity contribution in [3.05, 3.63) is 12.2 Å². The van der Waals surface area contributed by atoms with Crippen molar-refractivity contribution in [1.82, 2.24) is 4.90 Å². The van der Waals surface area contributed by atoms with E-state index in [0.29, 0.717) is 128 Å². The molecule has 15 heteroatoms. The zero-order valence-corrected chi connectivity index (χ0v) is 37.4. The number of carbonyl (C=O) groups is 1. The van der Waals surface area contributed by atoms with E-state index in [2.05, 4.69) is 6.58 Å². The van der Waals surface area contributed by atoms with Gasteiger partial charge in [0.05, 0.1) is 12.6 Å². The summed E-state index contributed by atoms with van der Waals surface area (Å²) in [7, 11) is -8.96. The predicted octanol–water partition coefficient (Wildman–Crippen LogP) is 7.39. The lowest BCUT2D eigenvalue weighted by molar-refractivity contribution is -0.140. The van der Waals surface area contributed by atoms with Crippen molar-refractivity contribution in [1.29, 1.82) is 0 Å². The molecule has 51 heavy (non-hydrogen) atoms.